The molecular weight excluding hydrogens is 186 g/mol. The highest BCUT2D eigenvalue weighted by Crippen LogP contribution is 2.13. The lowest BCUT2D eigenvalue weighted by molar-refractivity contribution is 0.123. The molecule has 0 radical (unpaired) electrons. The number of nitrogens with two attached hydrogens (primary N) is 1. The van der Waals surface area contributed by atoms with E-state index in [9.17, 15) is 0 Å². The zero-order valence-electron chi connectivity index (χ0n) is 10.5. The fraction of sp³-hybridized carbons (Fsp3) is 1.00. The Balaban J connectivity index is 2.42. The fourth-order valence-corrected chi connectivity index (χ4v) is 2.50. The summed E-state index contributed by atoms with van der Waals surface area (Å²) in [6, 6.07) is 0.796. The largest absolute Gasteiger partial charge is 0.326 e. The first-order chi connectivity index (χ1) is 7.15. The Morgan fingerprint density at radius 1 is 1.47 bits per heavy atom. The molecule has 0 bridgehead atoms. The van der Waals surface area contributed by atoms with Crippen LogP contribution < -0.4 is 11.1 Å². The van der Waals surface area contributed by atoms with E-state index >= 15 is 0 Å². The summed E-state index contributed by atoms with van der Waals surface area (Å²) in [5.41, 5.74) is 6.03. The van der Waals surface area contributed by atoms with Crippen LogP contribution in [-0.4, -0.2) is 43.2 Å². The van der Waals surface area contributed by atoms with Crippen molar-refractivity contribution in [2.75, 3.05) is 26.2 Å². The van der Waals surface area contributed by atoms with Crippen molar-refractivity contribution in [1.82, 2.24) is 10.2 Å². The summed E-state index contributed by atoms with van der Waals surface area (Å²) in [6.45, 7) is 11.3. The standard InChI is InChI=1S/C12H27N3/c1-4-5-10(2)9-15-7-6-14-8-12(15)11(3)13/h10-12,14H,4-9,13H2,1-3H3. The van der Waals surface area contributed by atoms with Gasteiger partial charge in [0.15, 0.2) is 0 Å². The number of hydrogen-bond acceptors (Lipinski definition) is 3. The van der Waals surface area contributed by atoms with Crippen LogP contribution in [0.3, 0.4) is 0 Å². The normalized spacial score (nSPS) is 27.6. The summed E-state index contributed by atoms with van der Waals surface area (Å²) >= 11 is 0. The summed E-state index contributed by atoms with van der Waals surface area (Å²) in [4.78, 5) is 2.57. The average molecular weight is 213 g/mol. The van der Waals surface area contributed by atoms with Crippen LogP contribution in [-0.2, 0) is 0 Å². The van der Waals surface area contributed by atoms with E-state index in [2.05, 4.69) is 31.0 Å². The van der Waals surface area contributed by atoms with Gasteiger partial charge < -0.3 is 11.1 Å². The molecule has 3 heteroatoms. The molecule has 1 saturated heterocycles. The van der Waals surface area contributed by atoms with Gasteiger partial charge in [0.2, 0.25) is 0 Å². The van der Waals surface area contributed by atoms with Crippen molar-refractivity contribution in [1.29, 1.82) is 0 Å². The lowest BCUT2D eigenvalue weighted by Gasteiger charge is -2.39. The smallest absolute Gasteiger partial charge is 0.0369 e. The number of rotatable bonds is 5. The number of nitrogens with one attached hydrogen (secondary N) is 1. The molecule has 3 unspecified atom stereocenters. The molecule has 0 aromatic carbocycles. The summed E-state index contributed by atoms with van der Waals surface area (Å²) in [6.07, 6.45) is 2.62. The molecule has 1 rings (SSSR count). The molecule has 1 aliphatic rings. The van der Waals surface area contributed by atoms with Crippen LogP contribution in [0.4, 0.5) is 0 Å². The van der Waals surface area contributed by atoms with E-state index in [4.69, 9.17) is 5.73 Å². The predicted molar refractivity (Wildman–Crippen MR) is 66.0 cm³/mol. The number of hydrogen-bond donors (Lipinski definition) is 2. The number of nitrogens with zero attached hydrogens (tertiary/aromatic N) is 1. The molecule has 1 heterocycles. The van der Waals surface area contributed by atoms with E-state index in [0.29, 0.717) is 6.04 Å². The van der Waals surface area contributed by atoms with Crippen LogP contribution in [0.1, 0.15) is 33.6 Å². The van der Waals surface area contributed by atoms with Crippen LogP contribution >= 0.6 is 0 Å². The molecule has 3 N–H and O–H groups in total. The van der Waals surface area contributed by atoms with Gasteiger partial charge in [0.25, 0.3) is 0 Å². The molecule has 1 fully saturated rings. The Morgan fingerprint density at radius 3 is 2.80 bits per heavy atom. The van der Waals surface area contributed by atoms with Gasteiger partial charge in [0, 0.05) is 38.3 Å². The summed E-state index contributed by atoms with van der Waals surface area (Å²) < 4.78 is 0. The van der Waals surface area contributed by atoms with E-state index in [1.165, 1.54) is 19.4 Å². The number of piperazine rings is 1. The first-order valence-corrected chi connectivity index (χ1v) is 6.35. The molecule has 15 heavy (non-hydrogen) atoms. The first kappa shape index (κ1) is 12.9. The molecule has 3 atom stereocenters. The van der Waals surface area contributed by atoms with Crippen molar-refractivity contribution in [3.8, 4) is 0 Å². The molecule has 0 spiro atoms. The maximum atomic E-state index is 6.03. The Hall–Kier alpha value is -0.120. The lowest BCUT2D eigenvalue weighted by Crippen LogP contribution is -2.58. The van der Waals surface area contributed by atoms with Crippen molar-refractivity contribution >= 4 is 0 Å². The zero-order valence-corrected chi connectivity index (χ0v) is 10.5. The van der Waals surface area contributed by atoms with E-state index in [0.717, 1.165) is 25.6 Å². The monoisotopic (exact) mass is 213 g/mol. The van der Waals surface area contributed by atoms with Gasteiger partial charge in [-0.15, -0.1) is 0 Å². The van der Waals surface area contributed by atoms with Crippen LogP contribution in [0.25, 0.3) is 0 Å². The molecule has 0 amide bonds. The van der Waals surface area contributed by atoms with Gasteiger partial charge in [-0.25, -0.2) is 0 Å². The van der Waals surface area contributed by atoms with Crippen LogP contribution in [0.5, 0.6) is 0 Å². The molecule has 90 valence electrons. The second-order valence-corrected chi connectivity index (χ2v) is 5.02. The quantitative estimate of drug-likeness (QED) is 0.717. The fourth-order valence-electron chi connectivity index (χ4n) is 2.50. The lowest BCUT2D eigenvalue weighted by atomic mass is 10.0. The summed E-state index contributed by atoms with van der Waals surface area (Å²) in [5, 5.41) is 3.43. The van der Waals surface area contributed by atoms with Crippen LogP contribution in [0.2, 0.25) is 0 Å². The van der Waals surface area contributed by atoms with Crippen molar-refractivity contribution < 1.29 is 0 Å². The van der Waals surface area contributed by atoms with Crippen molar-refractivity contribution in [2.24, 2.45) is 11.7 Å². The minimum atomic E-state index is 0.270. The highest BCUT2D eigenvalue weighted by atomic mass is 15.2. The highest BCUT2D eigenvalue weighted by Gasteiger charge is 2.25. The third-order valence-electron chi connectivity index (χ3n) is 3.33. The summed E-state index contributed by atoms with van der Waals surface area (Å²) in [7, 11) is 0. The predicted octanol–water partition coefficient (Wildman–Crippen LogP) is 1.04. The molecule has 3 nitrogen and oxygen atoms in total. The van der Waals surface area contributed by atoms with Gasteiger partial charge in [-0.05, 0) is 19.3 Å². The molecule has 1 aliphatic heterocycles. The second kappa shape index (κ2) is 6.46. The third-order valence-corrected chi connectivity index (χ3v) is 3.33. The molecule has 0 aliphatic carbocycles. The van der Waals surface area contributed by atoms with Gasteiger partial charge in [0.05, 0.1) is 0 Å². The Kier molecular flexibility index (Phi) is 5.58. The van der Waals surface area contributed by atoms with Gasteiger partial charge in [0.1, 0.15) is 0 Å². The van der Waals surface area contributed by atoms with E-state index in [-0.39, 0.29) is 6.04 Å². The van der Waals surface area contributed by atoms with Crippen molar-refractivity contribution in [2.45, 2.75) is 45.7 Å². The van der Waals surface area contributed by atoms with E-state index < -0.39 is 0 Å². The van der Waals surface area contributed by atoms with Gasteiger partial charge in [-0.2, -0.15) is 0 Å². The van der Waals surface area contributed by atoms with E-state index in [1.807, 2.05) is 0 Å². The van der Waals surface area contributed by atoms with Gasteiger partial charge in [-0.1, -0.05) is 20.3 Å². The van der Waals surface area contributed by atoms with Crippen molar-refractivity contribution in [3.63, 3.8) is 0 Å². The molecule has 0 aromatic rings. The Morgan fingerprint density at radius 2 is 2.20 bits per heavy atom. The average Bonchev–Trinajstić information content (AvgIpc) is 2.18. The van der Waals surface area contributed by atoms with Gasteiger partial charge in [-0.3, -0.25) is 4.90 Å². The minimum Gasteiger partial charge on any atom is -0.326 e. The molecular formula is C12H27N3. The first-order valence-electron chi connectivity index (χ1n) is 6.35. The maximum absolute atomic E-state index is 6.03. The molecule has 0 aromatic heterocycles. The van der Waals surface area contributed by atoms with Crippen LogP contribution in [0.15, 0.2) is 0 Å². The highest BCUT2D eigenvalue weighted by molar-refractivity contribution is 4.86. The van der Waals surface area contributed by atoms with Crippen molar-refractivity contribution in [3.05, 3.63) is 0 Å². The van der Waals surface area contributed by atoms with E-state index in [1.54, 1.807) is 0 Å². The van der Waals surface area contributed by atoms with Gasteiger partial charge >= 0.3 is 0 Å². The molecule has 0 saturated carbocycles. The SMILES string of the molecule is CCCC(C)CN1CCNCC1C(C)N. The summed E-state index contributed by atoms with van der Waals surface area (Å²) in [5.74, 6) is 0.800. The second-order valence-electron chi connectivity index (χ2n) is 5.02. The Labute approximate surface area is 94.4 Å². The topological polar surface area (TPSA) is 41.3 Å². The third kappa shape index (κ3) is 4.09. The van der Waals surface area contributed by atoms with Crippen LogP contribution in [0, 0.1) is 5.92 Å². The minimum absolute atomic E-state index is 0.270. The zero-order chi connectivity index (χ0) is 11.3. The Bertz CT molecular complexity index is 170. The maximum Gasteiger partial charge on any atom is 0.0369 e.